The Morgan fingerprint density at radius 2 is 2.04 bits per heavy atom. The zero-order valence-electron chi connectivity index (χ0n) is 15.2. The molecular weight excluding hydrogens is 302 g/mol. The van der Waals surface area contributed by atoms with Crippen LogP contribution in [0.15, 0.2) is 30.6 Å². The van der Waals surface area contributed by atoms with E-state index in [1.54, 1.807) is 11.8 Å². The van der Waals surface area contributed by atoms with E-state index in [1.807, 2.05) is 30.6 Å². The van der Waals surface area contributed by atoms with Gasteiger partial charge >= 0.3 is 5.88 Å². The Morgan fingerprint density at radius 3 is 2.75 bits per heavy atom. The van der Waals surface area contributed by atoms with Gasteiger partial charge in [-0.05, 0) is 38.3 Å². The molecule has 0 bridgehead atoms. The molecule has 1 unspecified atom stereocenters. The lowest BCUT2D eigenvalue weighted by Gasteiger charge is -2.09. The summed E-state index contributed by atoms with van der Waals surface area (Å²) in [5.41, 5.74) is 2.15. The first kappa shape index (κ1) is 18.2. The van der Waals surface area contributed by atoms with E-state index in [0.29, 0.717) is 12.3 Å². The van der Waals surface area contributed by atoms with Crippen LogP contribution in [-0.4, -0.2) is 23.2 Å². The number of pyridine rings is 1. The Hall–Kier alpha value is -2.17. The van der Waals surface area contributed by atoms with Crippen molar-refractivity contribution >= 4 is 0 Å². The molecule has 0 saturated carbocycles. The van der Waals surface area contributed by atoms with Crippen LogP contribution >= 0.6 is 0 Å². The quantitative estimate of drug-likeness (QED) is 0.663. The van der Waals surface area contributed by atoms with E-state index in [1.165, 1.54) is 6.42 Å². The van der Waals surface area contributed by atoms with Gasteiger partial charge in [0.25, 0.3) is 0 Å². The molecule has 0 aliphatic heterocycles. The lowest BCUT2D eigenvalue weighted by Crippen LogP contribution is -2.48. The number of nitrogens with zero attached hydrogens (tertiary/aromatic N) is 3. The fourth-order valence-corrected chi connectivity index (χ4v) is 2.50. The summed E-state index contributed by atoms with van der Waals surface area (Å²) >= 11 is 0. The maximum Gasteiger partial charge on any atom is 0.416 e. The highest BCUT2D eigenvalue weighted by molar-refractivity contribution is 5.17. The highest BCUT2D eigenvalue weighted by Gasteiger charge is 2.18. The first-order valence-electron chi connectivity index (χ1n) is 8.72. The van der Waals surface area contributed by atoms with E-state index in [-0.39, 0.29) is 6.10 Å². The first-order valence-corrected chi connectivity index (χ1v) is 8.72. The number of aromatic nitrogens is 3. The van der Waals surface area contributed by atoms with Gasteiger partial charge < -0.3 is 4.74 Å². The first-order chi connectivity index (χ1) is 11.7. The molecule has 5 heteroatoms. The molecule has 0 saturated heterocycles. The van der Waals surface area contributed by atoms with Gasteiger partial charge in [-0.3, -0.25) is 4.84 Å². The predicted octanol–water partition coefficient (Wildman–Crippen LogP) is 2.93. The molecule has 1 atom stereocenters. The van der Waals surface area contributed by atoms with Crippen molar-refractivity contribution in [2.75, 3.05) is 7.11 Å². The van der Waals surface area contributed by atoms with Crippen LogP contribution in [0.25, 0.3) is 0 Å². The minimum Gasteiger partial charge on any atom is -0.445 e. The van der Waals surface area contributed by atoms with Crippen molar-refractivity contribution in [1.29, 1.82) is 0 Å². The minimum atomic E-state index is 0.138. The molecule has 0 N–H and O–H groups in total. The monoisotopic (exact) mass is 330 g/mol. The molecular formula is C19H28N3O2+. The number of rotatable bonds is 9. The van der Waals surface area contributed by atoms with Crippen molar-refractivity contribution in [1.82, 2.24) is 9.97 Å². The van der Waals surface area contributed by atoms with E-state index in [0.717, 1.165) is 36.3 Å². The summed E-state index contributed by atoms with van der Waals surface area (Å²) in [5.74, 6) is 1.51. The second-order valence-corrected chi connectivity index (χ2v) is 5.96. The molecule has 0 aliphatic rings. The van der Waals surface area contributed by atoms with E-state index in [2.05, 4.69) is 30.7 Å². The van der Waals surface area contributed by atoms with Crippen LogP contribution in [0.3, 0.4) is 0 Å². The number of aryl methyl sites for hydroxylation is 1. The Morgan fingerprint density at radius 1 is 1.21 bits per heavy atom. The lowest BCUT2D eigenvalue weighted by atomic mass is 10.2. The molecule has 2 heterocycles. The zero-order chi connectivity index (χ0) is 17.4. The number of hydrogen-bond donors (Lipinski definition) is 0. The molecule has 0 aliphatic carbocycles. The molecule has 0 aromatic carbocycles. The number of hydrogen-bond acceptors (Lipinski definition) is 4. The average Bonchev–Trinajstić information content (AvgIpc) is 2.60. The number of ether oxygens (including phenoxy) is 1. The third kappa shape index (κ3) is 5.18. The second kappa shape index (κ2) is 9.21. The van der Waals surface area contributed by atoms with Gasteiger partial charge in [0.05, 0.1) is 13.2 Å². The second-order valence-electron chi connectivity index (χ2n) is 5.96. The molecule has 0 fully saturated rings. The van der Waals surface area contributed by atoms with Crippen molar-refractivity contribution in [3.8, 4) is 5.88 Å². The number of methoxy groups -OCH3 is 1. The summed E-state index contributed by atoms with van der Waals surface area (Å²) in [6.07, 6.45) is 8.85. The molecule has 5 nitrogen and oxygen atoms in total. The van der Waals surface area contributed by atoms with Crippen LogP contribution in [0.4, 0.5) is 0 Å². The van der Waals surface area contributed by atoms with Gasteiger partial charge in [-0.15, -0.1) is 0 Å². The largest absolute Gasteiger partial charge is 0.445 e. The molecule has 24 heavy (non-hydrogen) atoms. The highest BCUT2D eigenvalue weighted by atomic mass is 16.7. The SMILES string of the molecule is CCCCC(C)O[n+]1cc(Cc2nccc(CC)n2)ccc1OC. The summed E-state index contributed by atoms with van der Waals surface area (Å²) in [4.78, 5) is 14.9. The van der Waals surface area contributed by atoms with E-state index < -0.39 is 0 Å². The molecule has 130 valence electrons. The van der Waals surface area contributed by atoms with Crippen molar-refractivity contribution in [2.24, 2.45) is 0 Å². The molecule has 0 amide bonds. The van der Waals surface area contributed by atoms with Crippen molar-refractivity contribution in [3.05, 3.63) is 47.7 Å². The summed E-state index contributed by atoms with van der Waals surface area (Å²) in [6, 6.07) is 5.90. The van der Waals surface area contributed by atoms with Crippen LogP contribution < -0.4 is 14.3 Å². The standard InChI is InChI=1S/C19H28N3O2/c1-5-7-8-15(3)24-22-14-16(9-10-19(22)23-4)13-18-20-12-11-17(6-2)21-18/h9-12,14-15H,5-8,13H2,1-4H3/q+1. The van der Waals surface area contributed by atoms with Gasteiger partial charge in [-0.25, -0.2) is 9.97 Å². The van der Waals surface area contributed by atoms with Crippen LogP contribution in [0.2, 0.25) is 0 Å². The van der Waals surface area contributed by atoms with Gasteiger partial charge in [0.1, 0.15) is 5.82 Å². The highest BCUT2D eigenvalue weighted by Crippen LogP contribution is 2.10. The molecule has 2 rings (SSSR count). The van der Waals surface area contributed by atoms with Gasteiger partial charge in [0.15, 0.2) is 6.10 Å². The van der Waals surface area contributed by atoms with E-state index in [4.69, 9.17) is 9.57 Å². The maximum absolute atomic E-state index is 6.01. The normalized spacial score (nSPS) is 12.0. The molecule has 0 spiro atoms. The summed E-state index contributed by atoms with van der Waals surface area (Å²) in [7, 11) is 1.65. The van der Waals surface area contributed by atoms with Gasteiger partial charge in [-0.1, -0.05) is 20.3 Å². The smallest absolute Gasteiger partial charge is 0.416 e. The van der Waals surface area contributed by atoms with Crippen LogP contribution in [0.5, 0.6) is 5.88 Å². The Kier molecular flexibility index (Phi) is 6.97. The minimum absolute atomic E-state index is 0.138. The van der Waals surface area contributed by atoms with Gasteiger partial charge in [-0.2, -0.15) is 0 Å². The predicted molar refractivity (Wildman–Crippen MR) is 93.0 cm³/mol. The summed E-state index contributed by atoms with van der Waals surface area (Å²) in [5, 5.41) is 0. The van der Waals surface area contributed by atoms with Crippen molar-refractivity contribution in [3.63, 3.8) is 0 Å². The number of unbranched alkanes of at least 4 members (excludes halogenated alkanes) is 1. The van der Waals surface area contributed by atoms with Crippen molar-refractivity contribution in [2.45, 2.75) is 59.0 Å². The third-order valence-electron chi connectivity index (χ3n) is 3.89. The topological polar surface area (TPSA) is 48.1 Å². The van der Waals surface area contributed by atoms with Crippen LogP contribution in [-0.2, 0) is 12.8 Å². The van der Waals surface area contributed by atoms with E-state index >= 15 is 0 Å². The summed E-state index contributed by atoms with van der Waals surface area (Å²) in [6.45, 7) is 6.37. The van der Waals surface area contributed by atoms with Crippen LogP contribution in [0, 0.1) is 0 Å². The fourth-order valence-electron chi connectivity index (χ4n) is 2.50. The fraction of sp³-hybridized carbons (Fsp3) is 0.526. The molecule has 2 aromatic rings. The molecule has 2 aromatic heterocycles. The Bertz CT molecular complexity index is 646. The van der Waals surface area contributed by atoms with Gasteiger partial charge in [0.2, 0.25) is 6.20 Å². The van der Waals surface area contributed by atoms with E-state index in [9.17, 15) is 0 Å². The third-order valence-corrected chi connectivity index (χ3v) is 3.89. The van der Waals surface area contributed by atoms with Gasteiger partial charge in [0, 0.05) is 28.6 Å². The lowest BCUT2D eigenvalue weighted by molar-refractivity contribution is -0.900. The Labute approximate surface area is 144 Å². The summed E-state index contributed by atoms with van der Waals surface area (Å²) < 4.78 is 7.12. The molecule has 0 radical (unpaired) electrons. The average molecular weight is 330 g/mol. The Balaban J connectivity index is 2.14. The van der Waals surface area contributed by atoms with Crippen molar-refractivity contribution < 1.29 is 14.3 Å². The van der Waals surface area contributed by atoms with Crippen LogP contribution in [0.1, 0.15) is 57.1 Å². The zero-order valence-corrected chi connectivity index (χ0v) is 15.2. The maximum atomic E-state index is 6.01.